The molecule has 0 bridgehead atoms. The summed E-state index contributed by atoms with van der Waals surface area (Å²) in [5.41, 5.74) is 0.334. The van der Waals surface area contributed by atoms with Gasteiger partial charge >= 0.3 is 12.1 Å². The molecular formula is C25H40N2O6. The monoisotopic (exact) mass is 464 g/mol. The topological polar surface area (TPSA) is 85.4 Å². The lowest BCUT2D eigenvalue weighted by molar-refractivity contribution is -0.154. The van der Waals surface area contributed by atoms with E-state index in [0.29, 0.717) is 13.0 Å². The van der Waals surface area contributed by atoms with Gasteiger partial charge in [-0.25, -0.2) is 9.59 Å². The zero-order valence-corrected chi connectivity index (χ0v) is 21.3. The van der Waals surface area contributed by atoms with Gasteiger partial charge in [-0.05, 0) is 38.7 Å². The van der Waals surface area contributed by atoms with Crippen molar-refractivity contribution in [3.05, 3.63) is 35.9 Å². The number of likely N-dealkylation sites (N-methyl/N-ethyl adjacent to an activating group) is 2. The Morgan fingerprint density at radius 1 is 0.970 bits per heavy atom. The average Bonchev–Trinajstić information content (AvgIpc) is 2.75. The van der Waals surface area contributed by atoms with Crippen LogP contribution < -0.4 is 0 Å². The molecular weight excluding hydrogens is 424 g/mol. The third-order valence-corrected chi connectivity index (χ3v) is 5.06. The number of benzene rings is 1. The van der Waals surface area contributed by atoms with Crippen molar-refractivity contribution in [2.75, 3.05) is 27.8 Å². The third kappa shape index (κ3) is 9.82. The van der Waals surface area contributed by atoms with Crippen LogP contribution in [0.5, 0.6) is 0 Å². The van der Waals surface area contributed by atoms with E-state index in [1.807, 2.05) is 44.2 Å². The number of amides is 2. The molecule has 2 atom stereocenters. The van der Waals surface area contributed by atoms with Crippen molar-refractivity contribution in [2.24, 2.45) is 5.92 Å². The Hall–Kier alpha value is -2.61. The highest BCUT2D eigenvalue weighted by Crippen LogP contribution is 2.19. The lowest BCUT2D eigenvalue weighted by Gasteiger charge is -2.35. The summed E-state index contributed by atoms with van der Waals surface area (Å²) >= 11 is 0. The van der Waals surface area contributed by atoms with Crippen molar-refractivity contribution >= 4 is 18.0 Å². The first-order valence-corrected chi connectivity index (χ1v) is 11.3. The van der Waals surface area contributed by atoms with Crippen LogP contribution in [0.15, 0.2) is 30.3 Å². The molecule has 0 aromatic heterocycles. The van der Waals surface area contributed by atoms with Crippen LogP contribution in [0.4, 0.5) is 4.79 Å². The number of hydrogen-bond donors (Lipinski definition) is 0. The minimum Gasteiger partial charge on any atom is -0.467 e. The fraction of sp³-hybridized carbons (Fsp3) is 0.640. The third-order valence-electron chi connectivity index (χ3n) is 5.06. The summed E-state index contributed by atoms with van der Waals surface area (Å²) in [4.78, 5) is 41.2. The van der Waals surface area contributed by atoms with Gasteiger partial charge in [-0.1, -0.05) is 44.2 Å². The van der Waals surface area contributed by atoms with Crippen LogP contribution in [0.3, 0.4) is 0 Å². The van der Waals surface area contributed by atoms with Crippen LogP contribution in [0, 0.1) is 5.92 Å². The fourth-order valence-corrected chi connectivity index (χ4v) is 3.29. The van der Waals surface area contributed by atoms with Crippen LogP contribution >= 0.6 is 0 Å². The molecule has 0 saturated carbocycles. The van der Waals surface area contributed by atoms with E-state index in [0.717, 1.165) is 5.56 Å². The molecule has 2 amide bonds. The van der Waals surface area contributed by atoms with Crippen molar-refractivity contribution in [1.29, 1.82) is 0 Å². The Bertz CT molecular complexity index is 760. The first kappa shape index (κ1) is 28.4. The van der Waals surface area contributed by atoms with E-state index in [9.17, 15) is 14.4 Å². The van der Waals surface area contributed by atoms with Gasteiger partial charge in [0.25, 0.3) is 0 Å². The van der Waals surface area contributed by atoms with Gasteiger partial charge in [0.15, 0.2) is 0 Å². The van der Waals surface area contributed by atoms with Crippen molar-refractivity contribution in [2.45, 2.75) is 71.8 Å². The van der Waals surface area contributed by atoms with Crippen molar-refractivity contribution in [3.8, 4) is 0 Å². The molecule has 0 aliphatic carbocycles. The van der Waals surface area contributed by atoms with Crippen LogP contribution in [-0.4, -0.2) is 73.3 Å². The SMILES string of the molecule is COC(=O)C(CCOCc1ccccc1)N(C)C(=O)C(CC(C)C)N(C)C(=O)OC(C)(C)C. The maximum absolute atomic E-state index is 13.4. The number of rotatable bonds is 11. The van der Waals surface area contributed by atoms with Crippen LogP contribution in [0.2, 0.25) is 0 Å². The predicted octanol–water partition coefficient (Wildman–Crippen LogP) is 3.87. The van der Waals surface area contributed by atoms with Gasteiger partial charge in [0.2, 0.25) is 5.91 Å². The van der Waals surface area contributed by atoms with Gasteiger partial charge in [0.1, 0.15) is 17.7 Å². The van der Waals surface area contributed by atoms with E-state index < -0.39 is 29.7 Å². The number of carbonyl (C=O) groups excluding carboxylic acids is 3. The molecule has 186 valence electrons. The molecule has 8 nitrogen and oxygen atoms in total. The molecule has 8 heteroatoms. The van der Waals surface area contributed by atoms with E-state index in [2.05, 4.69) is 0 Å². The summed E-state index contributed by atoms with van der Waals surface area (Å²) in [7, 11) is 4.39. The Morgan fingerprint density at radius 3 is 2.09 bits per heavy atom. The first-order chi connectivity index (χ1) is 15.4. The second kappa shape index (κ2) is 13.2. The number of esters is 1. The highest BCUT2D eigenvalue weighted by Gasteiger charge is 2.36. The second-order valence-electron chi connectivity index (χ2n) is 9.55. The number of ether oxygens (including phenoxy) is 3. The normalized spacial score (nSPS) is 13.2. The van der Waals surface area contributed by atoms with E-state index in [1.54, 1.807) is 34.9 Å². The lowest BCUT2D eigenvalue weighted by atomic mass is 10.0. The zero-order valence-electron chi connectivity index (χ0n) is 21.3. The van der Waals surface area contributed by atoms with Gasteiger partial charge in [-0.2, -0.15) is 0 Å². The number of hydrogen-bond acceptors (Lipinski definition) is 6. The molecule has 1 aromatic rings. The molecule has 0 N–H and O–H groups in total. The predicted molar refractivity (Wildman–Crippen MR) is 127 cm³/mol. The maximum Gasteiger partial charge on any atom is 0.410 e. The summed E-state index contributed by atoms with van der Waals surface area (Å²) in [5, 5.41) is 0. The van der Waals surface area contributed by atoms with Gasteiger partial charge in [-0.3, -0.25) is 9.69 Å². The van der Waals surface area contributed by atoms with Gasteiger partial charge in [-0.15, -0.1) is 0 Å². The molecule has 0 aliphatic rings. The van der Waals surface area contributed by atoms with E-state index in [1.165, 1.54) is 16.9 Å². The van der Waals surface area contributed by atoms with E-state index >= 15 is 0 Å². The molecule has 2 unspecified atom stereocenters. The number of methoxy groups -OCH3 is 1. The maximum atomic E-state index is 13.4. The molecule has 0 saturated heterocycles. The second-order valence-corrected chi connectivity index (χ2v) is 9.55. The van der Waals surface area contributed by atoms with Crippen LogP contribution in [-0.2, 0) is 30.4 Å². The Kier molecular flexibility index (Phi) is 11.4. The van der Waals surface area contributed by atoms with Crippen LogP contribution in [0.25, 0.3) is 0 Å². The Labute approximate surface area is 198 Å². The van der Waals surface area contributed by atoms with Crippen LogP contribution in [0.1, 0.15) is 53.0 Å². The largest absolute Gasteiger partial charge is 0.467 e. The summed E-state index contributed by atoms with van der Waals surface area (Å²) in [5.74, 6) is -0.740. The summed E-state index contributed by atoms with van der Waals surface area (Å²) in [6.07, 6.45) is 0.111. The summed E-state index contributed by atoms with van der Waals surface area (Å²) < 4.78 is 16.1. The molecule has 33 heavy (non-hydrogen) atoms. The number of carbonyl (C=O) groups is 3. The van der Waals surface area contributed by atoms with Crippen molar-refractivity contribution in [3.63, 3.8) is 0 Å². The van der Waals surface area contributed by atoms with Crippen molar-refractivity contribution in [1.82, 2.24) is 9.80 Å². The first-order valence-electron chi connectivity index (χ1n) is 11.3. The average molecular weight is 465 g/mol. The van der Waals surface area contributed by atoms with Gasteiger partial charge in [0, 0.05) is 27.1 Å². The van der Waals surface area contributed by atoms with E-state index in [-0.39, 0.29) is 24.9 Å². The molecule has 1 rings (SSSR count). The minimum absolute atomic E-state index is 0.142. The molecule has 0 heterocycles. The summed E-state index contributed by atoms with van der Waals surface area (Å²) in [6.45, 7) is 9.93. The molecule has 0 radical (unpaired) electrons. The standard InChI is InChI=1S/C25H40N2O6/c1-18(2)16-21(27(7)24(30)33-25(3,4)5)22(28)26(6)20(23(29)31-8)14-15-32-17-19-12-10-9-11-13-19/h9-13,18,20-21H,14-17H2,1-8H3. The Morgan fingerprint density at radius 2 is 1.58 bits per heavy atom. The number of nitrogens with zero attached hydrogens (tertiary/aromatic N) is 2. The molecule has 0 fully saturated rings. The highest BCUT2D eigenvalue weighted by molar-refractivity contribution is 5.89. The van der Waals surface area contributed by atoms with E-state index in [4.69, 9.17) is 14.2 Å². The van der Waals surface area contributed by atoms with Crippen molar-refractivity contribution < 1.29 is 28.6 Å². The molecule has 0 aliphatic heterocycles. The quantitative estimate of drug-likeness (QED) is 0.365. The molecule has 1 aromatic carbocycles. The Balaban J connectivity index is 2.91. The summed E-state index contributed by atoms with van der Waals surface area (Å²) in [6, 6.07) is 8.09. The zero-order chi connectivity index (χ0) is 25.2. The van der Waals surface area contributed by atoms with Gasteiger partial charge in [0.05, 0.1) is 13.7 Å². The lowest BCUT2D eigenvalue weighted by Crippen LogP contribution is -2.54. The fourth-order valence-electron chi connectivity index (χ4n) is 3.29. The smallest absolute Gasteiger partial charge is 0.410 e. The molecule has 0 spiro atoms. The van der Waals surface area contributed by atoms with Gasteiger partial charge < -0.3 is 19.1 Å². The minimum atomic E-state index is -0.833. The highest BCUT2D eigenvalue weighted by atomic mass is 16.6.